The molecule has 0 radical (unpaired) electrons. The molecule has 26 heavy (non-hydrogen) atoms. The van der Waals surface area contributed by atoms with Gasteiger partial charge in [0, 0.05) is 31.4 Å². The van der Waals surface area contributed by atoms with Crippen LogP contribution < -0.4 is 0 Å². The van der Waals surface area contributed by atoms with Crippen molar-refractivity contribution in [1.82, 2.24) is 4.90 Å². The van der Waals surface area contributed by atoms with Gasteiger partial charge in [-0.25, -0.2) is 0 Å². The van der Waals surface area contributed by atoms with Gasteiger partial charge in [-0.1, -0.05) is 30.3 Å². The van der Waals surface area contributed by atoms with Gasteiger partial charge in [0.25, 0.3) is 0 Å². The molecule has 1 heterocycles. The Morgan fingerprint density at radius 1 is 1.12 bits per heavy atom. The van der Waals surface area contributed by atoms with Gasteiger partial charge in [-0.2, -0.15) is 5.26 Å². The van der Waals surface area contributed by atoms with Gasteiger partial charge < -0.3 is 4.74 Å². The van der Waals surface area contributed by atoms with Crippen molar-refractivity contribution in [3.05, 3.63) is 54.1 Å². The minimum Gasteiger partial charge on any atom is -0.373 e. The zero-order valence-corrected chi connectivity index (χ0v) is 15.4. The summed E-state index contributed by atoms with van der Waals surface area (Å²) in [4.78, 5) is 7.14. The minimum atomic E-state index is 0.299. The summed E-state index contributed by atoms with van der Waals surface area (Å²) >= 11 is 0. The van der Waals surface area contributed by atoms with Crippen LogP contribution in [0.1, 0.15) is 25.8 Å². The lowest BCUT2D eigenvalue weighted by Crippen LogP contribution is -2.45. The van der Waals surface area contributed by atoms with Crippen molar-refractivity contribution in [3.63, 3.8) is 0 Å². The molecule has 134 valence electrons. The lowest BCUT2D eigenvalue weighted by Gasteiger charge is -2.35. The standard InChI is InChI=1S/C22H25N3O/c1-17-15-25(16-18(2)26-17)13-5-12-24-22-7-4-3-6-21(22)20-10-8-19(14-23)9-11-20/h3-4,6-12,17-18H,5,13,15-16H2,1-2H3/b24-12-/t17-,18+. The SMILES string of the molecule is C[C@@H]1CN(CC/C=N\c2ccccc2-c2ccc(C#N)cc2)C[C@H](C)O1. The molecule has 1 fully saturated rings. The van der Waals surface area contributed by atoms with Gasteiger partial charge in [0.1, 0.15) is 0 Å². The lowest BCUT2D eigenvalue weighted by molar-refractivity contribution is -0.0670. The highest BCUT2D eigenvalue weighted by Gasteiger charge is 2.21. The number of nitrogens with zero attached hydrogens (tertiary/aromatic N) is 3. The Hall–Kier alpha value is -2.48. The number of ether oxygens (including phenoxy) is 1. The Bertz CT molecular complexity index is 782. The first-order chi connectivity index (χ1) is 12.7. The molecule has 0 amide bonds. The summed E-state index contributed by atoms with van der Waals surface area (Å²) in [5.74, 6) is 0. The number of benzene rings is 2. The van der Waals surface area contributed by atoms with E-state index in [0.717, 1.165) is 42.9 Å². The van der Waals surface area contributed by atoms with E-state index < -0.39 is 0 Å². The maximum absolute atomic E-state index is 8.95. The van der Waals surface area contributed by atoms with Gasteiger partial charge >= 0.3 is 0 Å². The van der Waals surface area contributed by atoms with E-state index in [-0.39, 0.29) is 0 Å². The van der Waals surface area contributed by atoms with E-state index >= 15 is 0 Å². The fraction of sp³-hybridized carbons (Fsp3) is 0.364. The number of morpholine rings is 1. The Balaban J connectivity index is 1.64. The second kappa shape index (κ2) is 8.75. The number of hydrogen-bond acceptors (Lipinski definition) is 4. The van der Waals surface area contributed by atoms with Gasteiger partial charge in [0.15, 0.2) is 0 Å². The van der Waals surface area contributed by atoms with Crippen LogP contribution in [0.2, 0.25) is 0 Å². The van der Waals surface area contributed by atoms with E-state index in [1.54, 1.807) is 0 Å². The second-order valence-electron chi connectivity index (χ2n) is 6.82. The normalized spacial score (nSPS) is 21.0. The first-order valence-corrected chi connectivity index (χ1v) is 9.15. The van der Waals surface area contributed by atoms with Crippen molar-refractivity contribution >= 4 is 11.9 Å². The van der Waals surface area contributed by atoms with Crippen molar-refractivity contribution in [2.24, 2.45) is 4.99 Å². The van der Waals surface area contributed by atoms with Gasteiger partial charge in [-0.15, -0.1) is 0 Å². The molecule has 0 aromatic heterocycles. The van der Waals surface area contributed by atoms with Gasteiger partial charge in [-0.05, 0) is 44.0 Å². The van der Waals surface area contributed by atoms with E-state index in [4.69, 9.17) is 15.0 Å². The molecule has 1 aliphatic heterocycles. The van der Waals surface area contributed by atoms with Gasteiger partial charge in [0.2, 0.25) is 0 Å². The van der Waals surface area contributed by atoms with Crippen molar-refractivity contribution in [1.29, 1.82) is 5.26 Å². The molecule has 1 aliphatic rings. The first kappa shape index (κ1) is 18.3. The molecule has 2 aromatic carbocycles. The summed E-state index contributed by atoms with van der Waals surface area (Å²) in [5.41, 5.74) is 3.79. The van der Waals surface area contributed by atoms with Crippen molar-refractivity contribution in [3.8, 4) is 17.2 Å². The van der Waals surface area contributed by atoms with Crippen molar-refractivity contribution < 1.29 is 4.74 Å². The molecule has 2 aromatic rings. The third-order valence-corrected chi connectivity index (χ3v) is 4.53. The van der Waals surface area contributed by atoms with Gasteiger partial charge in [-0.3, -0.25) is 9.89 Å². The zero-order chi connectivity index (χ0) is 18.4. The molecule has 4 heteroatoms. The van der Waals surface area contributed by atoms with Crippen LogP contribution in [0.4, 0.5) is 5.69 Å². The molecule has 0 spiro atoms. The van der Waals surface area contributed by atoms with Crippen LogP contribution in [0.15, 0.2) is 53.5 Å². The highest BCUT2D eigenvalue weighted by atomic mass is 16.5. The smallest absolute Gasteiger partial charge is 0.0991 e. The lowest BCUT2D eigenvalue weighted by atomic mass is 10.0. The highest BCUT2D eigenvalue weighted by molar-refractivity contribution is 5.79. The van der Waals surface area contributed by atoms with E-state index in [1.165, 1.54) is 0 Å². The molecular formula is C22H25N3O. The fourth-order valence-corrected chi connectivity index (χ4v) is 3.42. The van der Waals surface area contributed by atoms with Crippen LogP contribution in [0.5, 0.6) is 0 Å². The van der Waals surface area contributed by atoms with Crippen molar-refractivity contribution in [2.45, 2.75) is 32.5 Å². The largest absolute Gasteiger partial charge is 0.373 e. The molecule has 0 aliphatic carbocycles. The summed E-state index contributed by atoms with van der Waals surface area (Å²) < 4.78 is 5.78. The fourth-order valence-electron chi connectivity index (χ4n) is 3.42. The van der Waals surface area contributed by atoms with Crippen LogP contribution in [0, 0.1) is 11.3 Å². The van der Waals surface area contributed by atoms with Crippen molar-refractivity contribution in [2.75, 3.05) is 19.6 Å². The summed E-state index contributed by atoms with van der Waals surface area (Å²) in [6.07, 6.45) is 3.52. The molecule has 0 N–H and O–H groups in total. The maximum Gasteiger partial charge on any atom is 0.0991 e. The molecule has 1 saturated heterocycles. The molecule has 0 bridgehead atoms. The number of hydrogen-bond donors (Lipinski definition) is 0. The predicted molar refractivity (Wildman–Crippen MR) is 106 cm³/mol. The van der Waals surface area contributed by atoms with Crippen LogP contribution in [0.25, 0.3) is 11.1 Å². The summed E-state index contributed by atoms with van der Waals surface area (Å²) in [5, 5.41) is 8.95. The Labute approximate surface area is 155 Å². The highest BCUT2D eigenvalue weighted by Crippen LogP contribution is 2.30. The van der Waals surface area contributed by atoms with Crippen LogP contribution >= 0.6 is 0 Å². The zero-order valence-electron chi connectivity index (χ0n) is 15.4. The van der Waals surface area contributed by atoms with Crippen LogP contribution in [-0.4, -0.2) is 43.0 Å². The monoisotopic (exact) mass is 347 g/mol. The third-order valence-electron chi connectivity index (χ3n) is 4.53. The number of aliphatic imine (C=N–C) groups is 1. The minimum absolute atomic E-state index is 0.299. The summed E-state index contributed by atoms with van der Waals surface area (Å²) in [6.45, 7) is 7.23. The predicted octanol–water partition coefficient (Wildman–Crippen LogP) is 4.43. The van der Waals surface area contributed by atoms with E-state index in [1.807, 2.05) is 48.7 Å². The average Bonchev–Trinajstić information content (AvgIpc) is 2.65. The number of para-hydroxylation sites is 1. The van der Waals surface area contributed by atoms with E-state index in [9.17, 15) is 0 Å². The molecule has 3 rings (SSSR count). The number of nitriles is 1. The number of rotatable bonds is 5. The van der Waals surface area contributed by atoms with E-state index in [0.29, 0.717) is 17.8 Å². The Morgan fingerprint density at radius 2 is 1.81 bits per heavy atom. The van der Waals surface area contributed by atoms with Gasteiger partial charge in [0.05, 0.1) is 29.5 Å². The molecule has 4 nitrogen and oxygen atoms in total. The summed E-state index contributed by atoms with van der Waals surface area (Å²) in [6, 6.07) is 17.9. The molecular weight excluding hydrogens is 322 g/mol. The average molecular weight is 347 g/mol. The topological polar surface area (TPSA) is 48.6 Å². The van der Waals surface area contributed by atoms with Crippen LogP contribution in [0.3, 0.4) is 0 Å². The first-order valence-electron chi connectivity index (χ1n) is 9.15. The quantitative estimate of drug-likeness (QED) is 0.752. The molecule has 0 saturated carbocycles. The van der Waals surface area contributed by atoms with E-state index in [2.05, 4.69) is 30.9 Å². The maximum atomic E-state index is 8.95. The summed E-state index contributed by atoms with van der Waals surface area (Å²) in [7, 11) is 0. The Kier molecular flexibility index (Phi) is 6.17. The molecule has 2 atom stereocenters. The second-order valence-corrected chi connectivity index (χ2v) is 6.82. The molecule has 0 unspecified atom stereocenters. The Morgan fingerprint density at radius 3 is 2.50 bits per heavy atom. The third kappa shape index (κ3) is 4.78. The van der Waals surface area contributed by atoms with Crippen LogP contribution in [-0.2, 0) is 4.74 Å².